The Morgan fingerprint density at radius 1 is 1.31 bits per heavy atom. The highest BCUT2D eigenvalue weighted by Gasteiger charge is 1.97. The number of rotatable bonds is 6. The number of amidine groups is 1. The molecule has 1 rings (SSSR count). The number of aliphatic imine (C=N–C) groups is 1. The number of benzene rings is 1. The van der Waals surface area contributed by atoms with Gasteiger partial charge >= 0.3 is 0 Å². The molecule has 1 aromatic rings. The van der Waals surface area contributed by atoms with Crippen molar-refractivity contribution in [2.45, 2.75) is 0 Å². The van der Waals surface area contributed by atoms with Crippen LogP contribution in [0.25, 0.3) is 0 Å². The molecule has 0 aliphatic carbocycles. The summed E-state index contributed by atoms with van der Waals surface area (Å²) in [5, 5.41) is 0. The fourth-order valence-electron chi connectivity index (χ4n) is 1.08. The molecular formula is C11H17N3O2. The van der Waals surface area contributed by atoms with E-state index in [2.05, 4.69) is 10.4 Å². The minimum absolute atomic E-state index is 0.342. The quantitative estimate of drug-likeness (QED) is 0.246. The highest BCUT2D eigenvalue weighted by atomic mass is 16.5. The van der Waals surface area contributed by atoms with E-state index in [4.69, 9.17) is 15.3 Å². The summed E-state index contributed by atoms with van der Waals surface area (Å²) in [6.45, 7) is 1.42. The number of para-hydroxylation sites is 1. The third-order valence-electron chi connectivity index (χ3n) is 1.86. The summed E-state index contributed by atoms with van der Waals surface area (Å²) in [6, 6.07) is 9.56. The van der Waals surface area contributed by atoms with Gasteiger partial charge in [0.05, 0.1) is 18.9 Å². The van der Waals surface area contributed by atoms with E-state index in [1.807, 2.05) is 30.3 Å². The predicted octanol–water partition coefficient (Wildman–Crippen LogP) is 0.843. The van der Waals surface area contributed by atoms with Crippen molar-refractivity contribution >= 4 is 11.5 Å². The van der Waals surface area contributed by atoms with Crippen LogP contribution in [0.5, 0.6) is 0 Å². The molecule has 0 saturated heterocycles. The van der Waals surface area contributed by atoms with Gasteiger partial charge in [-0.3, -0.25) is 0 Å². The lowest BCUT2D eigenvalue weighted by Gasteiger charge is -2.06. The van der Waals surface area contributed by atoms with Gasteiger partial charge in [0.15, 0.2) is 0 Å². The zero-order chi connectivity index (χ0) is 11.6. The fourth-order valence-corrected chi connectivity index (χ4v) is 1.08. The first-order valence-electron chi connectivity index (χ1n) is 5.02. The van der Waals surface area contributed by atoms with Gasteiger partial charge in [-0.2, -0.15) is 0 Å². The summed E-state index contributed by atoms with van der Waals surface area (Å²) in [6.07, 6.45) is 0. The normalized spacial score (nSPS) is 11.5. The third-order valence-corrected chi connectivity index (χ3v) is 1.86. The van der Waals surface area contributed by atoms with Gasteiger partial charge in [-0.1, -0.05) is 18.2 Å². The van der Waals surface area contributed by atoms with Crippen LogP contribution in [-0.2, 0) is 9.47 Å². The van der Waals surface area contributed by atoms with Crippen molar-refractivity contribution in [2.24, 2.45) is 10.8 Å². The average molecular weight is 223 g/mol. The molecule has 0 fully saturated rings. The molecule has 5 heteroatoms. The van der Waals surface area contributed by atoms with E-state index >= 15 is 0 Å². The number of nitrogens with one attached hydrogen (secondary N) is 1. The summed E-state index contributed by atoms with van der Waals surface area (Å²) in [7, 11) is 1.63. The van der Waals surface area contributed by atoms with Crippen molar-refractivity contribution in [1.82, 2.24) is 5.43 Å². The molecule has 0 aliphatic heterocycles. The SMILES string of the molecule is COCCOCC(=Nc1ccccc1)NN. The van der Waals surface area contributed by atoms with Crippen LogP contribution in [0.1, 0.15) is 0 Å². The smallest absolute Gasteiger partial charge is 0.142 e. The topological polar surface area (TPSA) is 68.9 Å². The molecule has 0 heterocycles. The molecule has 0 spiro atoms. The summed E-state index contributed by atoms with van der Waals surface area (Å²) >= 11 is 0. The van der Waals surface area contributed by atoms with Crippen LogP contribution in [0.4, 0.5) is 5.69 Å². The molecule has 5 nitrogen and oxygen atoms in total. The fraction of sp³-hybridized carbons (Fsp3) is 0.364. The maximum Gasteiger partial charge on any atom is 0.142 e. The van der Waals surface area contributed by atoms with Crippen LogP contribution in [0, 0.1) is 0 Å². The van der Waals surface area contributed by atoms with Crippen molar-refractivity contribution < 1.29 is 9.47 Å². The standard InChI is InChI=1S/C11H17N3O2/c1-15-7-8-16-9-11(14-12)13-10-5-3-2-4-6-10/h2-6H,7-9,12H2,1H3,(H,13,14). The van der Waals surface area contributed by atoms with Crippen LogP contribution >= 0.6 is 0 Å². The number of hydrogen-bond acceptors (Lipinski definition) is 4. The van der Waals surface area contributed by atoms with Crippen molar-refractivity contribution in [2.75, 3.05) is 26.9 Å². The number of ether oxygens (including phenoxy) is 2. The van der Waals surface area contributed by atoms with E-state index in [0.29, 0.717) is 25.7 Å². The van der Waals surface area contributed by atoms with Crippen LogP contribution < -0.4 is 11.3 Å². The van der Waals surface area contributed by atoms with E-state index in [1.165, 1.54) is 0 Å². The van der Waals surface area contributed by atoms with Crippen LogP contribution in [0.3, 0.4) is 0 Å². The molecule has 0 amide bonds. The highest BCUT2D eigenvalue weighted by Crippen LogP contribution is 2.09. The minimum Gasteiger partial charge on any atom is -0.382 e. The maximum absolute atomic E-state index is 5.34. The van der Waals surface area contributed by atoms with Gasteiger partial charge in [0, 0.05) is 7.11 Å². The lowest BCUT2D eigenvalue weighted by atomic mass is 10.3. The predicted molar refractivity (Wildman–Crippen MR) is 63.6 cm³/mol. The Hall–Kier alpha value is -1.43. The van der Waals surface area contributed by atoms with Crippen LogP contribution in [-0.4, -0.2) is 32.8 Å². The third kappa shape index (κ3) is 4.88. The maximum atomic E-state index is 5.34. The van der Waals surface area contributed by atoms with Gasteiger partial charge in [0.2, 0.25) is 0 Å². The van der Waals surface area contributed by atoms with Crippen molar-refractivity contribution in [3.05, 3.63) is 30.3 Å². The molecule has 0 aliphatic rings. The Kier molecular flexibility index (Phi) is 6.17. The van der Waals surface area contributed by atoms with Crippen LogP contribution in [0.15, 0.2) is 35.3 Å². The molecule has 0 aromatic heterocycles. The lowest BCUT2D eigenvalue weighted by molar-refractivity contribution is 0.0892. The molecule has 1 aromatic carbocycles. The molecule has 16 heavy (non-hydrogen) atoms. The first-order valence-corrected chi connectivity index (χ1v) is 5.02. The molecule has 0 radical (unpaired) electrons. The average Bonchev–Trinajstić information content (AvgIpc) is 2.34. The van der Waals surface area contributed by atoms with Crippen LogP contribution in [0.2, 0.25) is 0 Å². The first-order chi connectivity index (χ1) is 7.86. The molecule has 0 unspecified atom stereocenters. The Labute approximate surface area is 95.2 Å². The summed E-state index contributed by atoms with van der Waals surface area (Å²) < 4.78 is 10.2. The summed E-state index contributed by atoms with van der Waals surface area (Å²) in [4.78, 5) is 4.29. The second-order valence-corrected chi connectivity index (χ2v) is 3.08. The number of hydrogen-bond donors (Lipinski definition) is 2. The van der Waals surface area contributed by atoms with E-state index in [-0.39, 0.29) is 0 Å². The number of hydrazine groups is 1. The van der Waals surface area contributed by atoms with Gasteiger partial charge < -0.3 is 14.9 Å². The second-order valence-electron chi connectivity index (χ2n) is 3.08. The summed E-state index contributed by atoms with van der Waals surface area (Å²) in [5.74, 6) is 5.93. The largest absolute Gasteiger partial charge is 0.382 e. The molecule has 88 valence electrons. The monoisotopic (exact) mass is 223 g/mol. The molecule has 0 saturated carbocycles. The zero-order valence-corrected chi connectivity index (χ0v) is 9.35. The molecule has 3 N–H and O–H groups in total. The van der Waals surface area contributed by atoms with Gasteiger partial charge in [0.25, 0.3) is 0 Å². The highest BCUT2D eigenvalue weighted by molar-refractivity contribution is 5.85. The van der Waals surface area contributed by atoms with Gasteiger partial charge in [-0.15, -0.1) is 0 Å². The Bertz CT molecular complexity index is 314. The Morgan fingerprint density at radius 3 is 2.69 bits per heavy atom. The van der Waals surface area contributed by atoms with E-state index < -0.39 is 0 Å². The molecule has 0 bridgehead atoms. The minimum atomic E-state index is 0.342. The zero-order valence-electron chi connectivity index (χ0n) is 9.35. The van der Waals surface area contributed by atoms with Crippen molar-refractivity contribution in [1.29, 1.82) is 0 Å². The van der Waals surface area contributed by atoms with Gasteiger partial charge in [-0.25, -0.2) is 10.8 Å². The van der Waals surface area contributed by atoms with E-state index in [1.54, 1.807) is 7.11 Å². The number of nitrogens with zero attached hydrogens (tertiary/aromatic N) is 1. The van der Waals surface area contributed by atoms with Gasteiger partial charge in [0.1, 0.15) is 12.4 Å². The van der Waals surface area contributed by atoms with Crippen molar-refractivity contribution in [3.8, 4) is 0 Å². The first kappa shape index (κ1) is 12.6. The molecule has 0 atom stereocenters. The number of methoxy groups -OCH3 is 1. The van der Waals surface area contributed by atoms with E-state index in [0.717, 1.165) is 5.69 Å². The molecular weight excluding hydrogens is 206 g/mol. The number of nitrogens with two attached hydrogens (primary N) is 1. The van der Waals surface area contributed by atoms with E-state index in [9.17, 15) is 0 Å². The van der Waals surface area contributed by atoms with Gasteiger partial charge in [-0.05, 0) is 12.1 Å². The second kappa shape index (κ2) is 7.81. The van der Waals surface area contributed by atoms with Crippen molar-refractivity contribution in [3.63, 3.8) is 0 Å². The Balaban J connectivity index is 2.44. The lowest BCUT2D eigenvalue weighted by Crippen LogP contribution is -2.34. The Morgan fingerprint density at radius 2 is 2.06 bits per heavy atom. The summed E-state index contributed by atoms with van der Waals surface area (Å²) in [5.41, 5.74) is 3.35.